The van der Waals surface area contributed by atoms with Crippen molar-refractivity contribution >= 4 is 5.97 Å². The molecule has 1 N–H and O–H groups in total. The lowest BCUT2D eigenvalue weighted by atomic mass is 10.1. The van der Waals surface area contributed by atoms with Crippen molar-refractivity contribution in [3.63, 3.8) is 0 Å². The van der Waals surface area contributed by atoms with Gasteiger partial charge < -0.3 is 4.74 Å². The highest BCUT2D eigenvalue weighted by Gasteiger charge is 2.27. The third kappa shape index (κ3) is 4.16. The fourth-order valence-corrected chi connectivity index (χ4v) is 2.00. The van der Waals surface area contributed by atoms with Gasteiger partial charge in [-0.3, -0.25) is 14.8 Å². The van der Waals surface area contributed by atoms with Crippen molar-refractivity contribution in [1.29, 1.82) is 0 Å². The summed E-state index contributed by atoms with van der Waals surface area (Å²) < 4.78 is 6.65. The van der Waals surface area contributed by atoms with Gasteiger partial charge in [-0.2, -0.15) is 5.10 Å². The maximum absolute atomic E-state index is 11.6. The predicted octanol–water partition coefficient (Wildman–Crippen LogP) is 1.97. The third-order valence-corrected chi connectivity index (χ3v) is 3.30. The molecule has 2 aromatic rings. The molecule has 112 valence electrons. The molecule has 0 aliphatic rings. The summed E-state index contributed by atoms with van der Waals surface area (Å²) in [6.45, 7) is 4.90. The van der Waals surface area contributed by atoms with Crippen molar-refractivity contribution in [2.24, 2.45) is 0 Å². The van der Waals surface area contributed by atoms with Gasteiger partial charge in [-0.25, -0.2) is 0 Å². The van der Waals surface area contributed by atoms with Crippen LogP contribution in [0.4, 0.5) is 0 Å². The van der Waals surface area contributed by atoms with Crippen molar-refractivity contribution in [2.75, 3.05) is 7.11 Å². The molecule has 0 bridgehead atoms. The Morgan fingerprint density at radius 3 is 2.67 bits per heavy atom. The molecule has 0 saturated carbocycles. The Kier molecular flexibility index (Phi) is 4.75. The molecular formula is C16H21N3O2. The number of benzene rings is 1. The highest BCUT2D eigenvalue weighted by molar-refractivity contribution is 5.79. The highest BCUT2D eigenvalue weighted by atomic mass is 16.5. The molecule has 0 unspecified atom stereocenters. The molecule has 1 aromatic carbocycles. The van der Waals surface area contributed by atoms with Crippen LogP contribution < -0.4 is 5.32 Å². The molecule has 0 atom stereocenters. The molecule has 0 aliphatic heterocycles. The molecule has 0 amide bonds. The number of aromatic nitrogens is 2. The Bertz CT molecular complexity index is 591. The fourth-order valence-electron chi connectivity index (χ4n) is 2.00. The Labute approximate surface area is 124 Å². The summed E-state index contributed by atoms with van der Waals surface area (Å²) in [7, 11) is 1.39. The number of hydrogen-bond acceptors (Lipinski definition) is 4. The van der Waals surface area contributed by atoms with E-state index in [0.29, 0.717) is 6.54 Å². The predicted molar refractivity (Wildman–Crippen MR) is 80.7 cm³/mol. The van der Waals surface area contributed by atoms with Gasteiger partial charge in [-0.1, -0.05) is 30.3 Å². The van der Waals surface area contributed by atoms with Gasteiger partial charge in [-0.05, 0) is 19.4 Å². The maximum Gasteiger partial charge on any atom is 0.325 e. The zero-order valence-corrected chi connectivity index (χ0v) is 12.7. The first-order valence-corrected chi connectivity index (χ1v) is 6.90. The van der Waals surface area contributed by atoms with Crippen molar-refractivity contribution in [3.05, 3.63) is 53.9 Å². The molecule has 0 fully saturated rings. The number of nitrogens with zero attached hydrogens (tertiary/aromatic N) is 2. The average Bonchev–Trinajstić information content (AvgIpc) is 2.93. The minimum absolute atomic E-state index is 0.279. The van der Waals surface area contributed by atoms with E-state index < -0.39 is 5.54 Å². The second kappa shape index (κ2) is 6.54. The van der Waals surface area contributed by atoms with Gasteiger partial charge in [0.25, 0.3) is 0 Å². The lowest BCUT2D eigenvalue weighted by Crippen LogP contribution is -2.46. The van der Waals surface area contributed by atoms with Gasteiger partial charge in [0.1, 0.15) is 5.54 Å². The molecule has 2 rings (SSSR count). The first kappa shape index (κ1) is 15.3. The van der Waals surface area contributed by atoms with E-state index in [1.54, 1.807) is 13.8 Å². The van der Waals surface area contributed by atoms with Crippen LogP contribution in [0.2, 0.25) is 0 Å². The number of ether oxygens (including phenoxy) is 1. The topological polar surface area (TPSA) is 56.1 Å². The average molecular weight is 287 g/mol. The van der Waals surface area contributed by atoms with E-state index >= 15 is 0 Å². The zero-order chi connectivity index (χ0) is 15.3. The van der Waals surface area contributed by atoms with Crippen LogP contribution in [0.3, 0.4) is 0 Å². The van der Waals surface area contributed by atoms with E-state index in [1.165, 1.54) is 12.7 Å². The van der Waals surface area contributed by atoms with Crippen LogP contribution in [0.5, 0.6) is 0 Å². The fraction of sp³-hybridized carbons (Fsp3) is 0.375. The van der Waals surface area contributed by atoms with Crippen molar-refractivity contribution in [1.82, 2.24) is 15.1 Å². The Morgan fingerprint density at radius 2 is 2.00 bits per heavy atom. The highest BCUT2D eigenvalue weighted by Crippen LogP contribution is 2.08. The summed E-state index contributed by atoms with van der Waals surface area (Å²) in [5, 5.41) is 7.51. The minimum atomic E-state index is -0.712. The lowest BCUT2D eigenvalue weighted by Gasteiger charge is -2.22. The van der Waals surface area contributed by atoms with Crippen LogP contribution in [-0.4, -0.2) is 28.4 Å². The molecule has 5 nitrogen and oxygen atoms in total. The van der Waals surface area contributed by atoms with Crippen LogP contribution in [0.1, 0.15) is 25.0 Å². The molecule has 1 aromatic heterocycles. The lowest BCUT2D eigenvalue weighted by molar-refractivity contribution is -0.147. The van der Waals surface area contributed by atoms with Crippen LogP contribution >= 0.6 is 0 Å². The standard InChI is InChI=1S/C16H21N3O2/c1-16(2,15(20)21-3)17-9-14-10-18-19(12-14)11-13-7-5-4-6-8-13/h4-8,10,12,17H,9,11H2,1-3H3. The van der Waals surface area contributed by atoms with Crippen molar-refractivity contribution in [2.45, 2.75) is 32.5 Å². The molecule has 0 radical (unpaired) electrons. The molecule has 5 heteroatoms. The molecule has 0 spiro atoms. The number of carbonyl (C=O) groups excluding carboxylic acids is 1. The summed E-state index contributed by atoms with van der Waals surface area (Å²) in [5.74, 6) is -0.279. The second-order valence-corrected chi connectivity index (χ2v) is 5.50. The van der Waals surface area contributed by atoms with Crippen LogP contribution in [0.25, 0.3) is 0 Å². The zero-order valence-electron chi connectivity index (χ0n) is 12.7. The smallest absolute Gasteiger partial charge is 0.325 e. The largest absolute Gasteiger partial charge is 0.468 e. The van der Waals surface area contributed by atoms with Gasteiger partial charge in [0.05, 0.1) is 19.9 Å². The van der Waals surface area contributed by atoms with Crippen LogP contribution in [-0.2, 0) is 22.6 Å². The van der Waals surface area contributed by atoms with E-state index in [1.807, 2.05) is 35.3 Å². The van der Waals surface area contributed by atoms with Crippen molar-refractivity contribution < 1.29 is 9.53 Å². The SMILES string of the molecule is COC(=O)C(C)(C)NCc1cnn(Cc2ccccc2)c1. The summed E-state index contributed by atoms with van der Waals surface area (Å²) in [6.07, 6.45) is 3.79. The van der Waals surface area contributed by atoms with Gasteiger partial charge in [0, 0.05) is 18.3 Å². The normalized spacial score (nSPS) is 11.4. The molecular weight excluding hydrogens is 266 g/mol. The number of hydrogen-bond donors (Lipinski definition) is 1. The number of rotatable bonds is 6. The van der Waals surface area contributed by atoms with Crippen molar-refractivity contribution in [3.8, 4) is 0 Å². The second-order valence-electron chi connectivity index (χ2n) is 5.50. The molecule has 0 aliphatic carbocycles. The number of carbonyl (C=O) groups is 1. The molecule has 0 saturated heterocycles. The van der Waals surface area contributed by atoms with Crippen LogP contribution in [0.15, 0.2) is 42.7 Å². The van der Waals surface area contributed by atoms with Gasteiger partial charge in [0.2, 0.25) is 0 Å². The number of nitrogens with one attached hydrogen (secondary N) is 1. The van der Waals surface area contributed by atoms with E-state index in [0.717, 1.165) is 12.1 Å². The van der Waals surface area contributed by atoms with Crippen LogP contribution in [0, 0.1) is 0 Å². The Hall–Kier alpha value is -2.14. The summed E-state index contributed by atoms with van der Waals surface area (Å²) in [5.41, 5.74) is 1.52. The number of esters is 1. The quantitative estimate of drug-likeness (QED) is 0.825. The Balaban J connectivity index is 1.93. The van der Waals surface area contributed by atoms with Gasteiger partial charge in [0.15, 0.2) is 0 Å². The van der Waals surface area contributed by atoms with E-state index in [-0.39, 0.29) is 5.97 Å². The third-order valence-electron chi connectivity index (χ3n) is 3.30. The first-order chi connectivity index (χ1) is 10.0. The first-order valence-electron chi connectivity index (χ1n) is 6.90. The van der Waals surface area contributed by atoms with Gasteiger partial charge >= 0.3 is 5.97 Å². The number of methoxy groups -OCH3 is 1. The maximum atomic E-state index is 11.6. The molecule has 21 heavy (non-hydrogen) atoms. The minimum Gasteiger partial charge on any atom is -0.468 e. The Morgan fingerprint density at radius 1 is 1.29 bits per heavy atom. The summed E-state index contributed by atoms with van der Waals surface area (Å²) in [4.78, 5) is 11.6. The molecule has 1 heterocycles. The summed E-state index contributed by atoms with van der Waals surface area (Å²) in [6, 6.07) is 10.2. The van der Waals surface area contributed by atoms with E-state index in [9.17, 15) is 4.79 Å². The van der Waals surface area contributed by atoms with E-state index in [4.69, 9.17) is 4.74 Å². The summed E-state index contributed by atoms with van der Waals surface area (Å²) >= 11 is 0. The van der Waals surface area contributed by atoms with E-state index in [2.05, 4.69) is 22.5 Å². The monoisotopic (exact) mass is 287 g/mol. The van der Waals surface area contributed by atoms with Gasteiger partial charge in [-0.15, -0.1) is 0 Å².